The molecule has 2 atom stereocenters. The van der Waals surface area contributed by atoms with Gasteiger partial charge in [0.1, 0.15) is 10.5 Å². The summed E-state index contributed by atoms with van der Waals surface area (Å²) in [6.45, 7) is 3.74. The van der Waals surface area contributed by atoms with Crippen LogP contribution in [0, 0.1) is 0 Å². The Morgan fingerprint density at radius 3 is 1.45 bits per heavy atom. The van der Waals surface area contributed by atoms with Gasteiger partial charge in [-0.25, -0.2) is 0 Å². The molecule has 0 saturated carbocycles. The van der Waals surface area contributed by atoms with E-state index in [0.717, 1.165) is 11.5 Å². The Kier molecular flexibility index (Phi) is 15.1. The summed E-state index contributed by atoms with van der Waals surface area (Å²) in [4.78, 5) is 22.4. The topological polar surface area (TPSA) is 52.6 Å². The maximum Gasteiger partial charge on any atom is 0.319 e. The Morgan fingerprint density at radius 2 is 1.14 bits per heavy atom. The predicted molar refractivity (Wildman–Crippen MR) is 102 cm³/mol. The molecule has 0 aliphatic carbocycles. The molecule has 0 rings (SSSR count). The van der Waals surface area contributed by atoms with Gasteiger partial charge in [0.15, 0.2) is 0 Å². The third kappa shape index (κ3) is 11.8. The molecule has 0 heterocycles. The zero-order chi connectivity index (χ0) is 16.8. The van der Waals surface area contributed by atoms with Crippen LogP contribution in [0.25, 0.3) is 0 Å². The van der Waals surface area contributed by atoms with Crippen molar-refractivity contribution in [2.24, 2.45) is 0 Å². The minimum Gasteiger partial charge on any atom is -0.468 e. The van der Waals surface area contributed by atoms with Crippen molar-refractivity contribution >= 4 is 55.1 Å². The lowest BCUT2D eigenvalue weighted by molar-refractivity contribution is -0.140. The molecule has 0 bridgehead atoms. The zero-order valence-electron chi connectivity index (χ0n) is 13.7. The second-order valence-electron chi connectivity index (χ2n) is 4.58. The Hall–Kier alpha value is 0.340. The van der Waals surface area contributed by atoms with Crippen LogP contribution in [0.1, 0.15) is 39.5 Å². The number of hydrogen-bond acceptors (Lipinski definition) is 8. The van der Waals surface area contributed by atoms with Crippen molar-refractivity contribution in [2.75, 3.05) is 25.7 Å². The molecule has 4 nitrogen and oxygen atoms in total. The van der Waals surface area contributed by atoms with E-state index in [2.05, 4.69) is 9.47 Å². The van der Waals surface area contributed by atoms with E-state index in [1.54, 1.807) is 43.2 Å². The van der Waals surface area contributed by atoms with Gasteiger partial charge in [0.2, 0.25) is 0 Å². The fourth-order valence-corrected chi connectivity index (χ4v) is 5.96. The van der Waals surface area contributed by atoms with Gasteiger partial charge in [-0.1, -0.05) is 56.0 Å². The number of ether oxygens (including phenoxy) is 2. The van der Waals surface area contributed by atoms with Gasteiger partial charge in [-0.3, -0.25) is 9.59 Å². The Balaban J connectivity index is 3.31. The minimum atomic E-state index is -0.159. The molecular weight excluding hydrogens is 360 g/mol. The molecule has 0 aromatic rings. The van der Waals surface area contributed by atoms with Crippen molar-refractivity contribution in [3.63, 3.8) is 0 Å². The SMILES string of the molecule is COC(=O)C(C)SSCCCCCCSSC(C)C(=O)OC. The van der Waals surface area contributed by atoms with Gasteiger partial charge in [-0.15, -0.1) is 0 Å². The van der Waals surface area contributed by atoms with Crippen LogP contribution in [-0.4, -0.2) is 48.2 Å². The molecule has 0 fully saturated rings. The highest BCUT2D eigenvalue weighted by atomic mass is 33.1. The first-order valence-electron chi connectivity index (χ1n) is 7.25. The van der Waals surface area contributed by atoms with E-state index in [-0.39, 0.29) is 22.4 Å². The first kappa shape index (κ1) is 22.3. The lowest BCUT2D eigenvalue weighted by Gasteiger charge is -2.08. The summed E-state index contributed by atoms with van der Waals surface area (Å²) >= 11 is 0. The van der Waals surface area contributed by atoms with Gasteiger partial charge >= 0.3 is 11.9 Å². The third-order valence-electron chi connectivity index (χ3n) is 2.70. The van der Waals surface area contributed by atoms with Crippen molar-refractivity contribution in [2.45, 2.75) is 50.0 Å². The largest absolute Gasteiger partial charge is 0.468 e. The van der Waals surface area contributed by atoms with Gasteiger partial charge in [0.05, 0.1) is 14.2 Å². The van der Waals surface area contributed by atoms with E-state index in [0.29, 0.717) is 0 Å². The second-order valence-corrected chi connectivity index (χ2v) is 10.2. The lowest BCUT2D eigenvalue weighted by atomic mass is 10.2. The van der Waals surface area contributed by atoms with E-state index in [1.165, 1.54) is 39.9 Å². The molecule has 0 radical (unpaired) electrons. The zero-order valence-corrected chi connectivity index (χ0v) is 16.9. The molecular formula is C14H26O4S4. The number of hydrogen-bond donors (Lipinski definition) is 0. The maximum atomic E-state index is 11.2. The van der Waals surface area contributed by atoms with Crippen LogP contribution in [0.15, 0.2) is 0 Å². The van der Waals surface area contributed by atoms with Crippen molar-refractivity contribution in [3.05, 3.63) is 0 Å². The summed E-state index contributed by atoms with van der Waals surface area (Å²) in [5, 5.41) is -0.194. The molecule has 0 saturated heterocycles. The molecule has 2 unspecified atom stereocenters. The fourth-order valence-electron chi connectivity index (χ4n) is 1.39. The number of esters is 2. The van der Waals surface area contributed by atoms with Crippen LogP contribution >= 0.6 is 43.2 Å². The lowest BCUT2D eigenvalue weighted by Crippen LogP contribution is -2.13. The smallest absolute Gasteiger partial charge is 0.319 e. The molecule has 0 aromatic carbocycles. The summed E-state index contributed by atoms with van der Waals surface area (Å²) in [7, 11) is 9.48. The predicted octanol–water partition coefficient (Wildman–Crippen LogP) is 4.43. The summed E-state index contributed by atoms with van der Waals surface area (Å²) in [5.74, 6) is 1.81. The second kappa shape index (κ2) is 14.9. The number of methoxy groups -OCH3 is 2. The van der Waals surface area contributed by atoms with Crippen molar-refractivity contribution in [1.29, 1.82) is 0 Å². The molecule has 0 spiro atoms. The molecule has 130 valence electrons. The molecule has 0 aliphatic rings. The van der Waals surface area contributed by atoms with Crippen LogP contribution in [0.5, 0.6) is 0 Å². The number of carbonyl (C=O) groups excluding carboxylic acids is 2. The Labute approximate surface area is 149 Å². The standard InChI is InChI=1S/C14H26O4S4/c1-11(13(15)17-3)21-19-9-7-5-6-8-10-20-22-12(2)14(16)18-4/h11-12H,5-10H2,1-4H3. The molecule has 8 heteroatoms. The molecule has 0 N–H and O–H groups in total. The fraction of sp³-hybridized carbons (Fsp3) is 0.857. The van der Waals surface area contributed by atoms with Gasteiger partial charge < -0.3 is 9.47 Å². The van der Waals surface area contributed by atoms with E-state index in [4.69, 9.17) is 0 Å². The quantitative estimate of drug-likeness (QED) is 0.262. The van der Waals surface area contributed by atoms with Crippen LogP contribution < -0.4 is 0 Å². The molecule has 0 aliphatic heterocycles. The molecule has 0 amide bonds. The number of rotatable bonds is 13. The van der Waals surface area contributed by atoms with Gasteiger partial charge in [-0.2, -0.15) is 0 Å². The highest BCUT2D eigenvalue weighted by Gasteiger charge is 2.14. The van der Waals surface area contributed by atoms with Crippen LogP contribution in [-0.2, 0) is 19.1 Å². The highest BCUT2D eigenvalue weighted by molar-refractivity contribution is 8.77. The third-order valence-corrected chi connectivity index (χ3v) is 8.39. The van der Waals surface area contributed by atoms with E-state index in [9.17, 15) is 9.59 Å². The van der Waals surface area contributed by atoms with Gasteiger partial charge in [-0.05, 0) is 26.7 Å². The normalized spacial score (nSPS) is 13.5. The first-order valence-corrected chi connectivity index (χ1v) is 12.0. The van der Waals surface area contributed by atoms with Crippen LogP contribution in [0.4, 0.5) is 0 Å². The van der Waals surface area contributed by atoms with Gasteiger partial charge in [0.25, 0.3) is 0 Å². The van der Waals surface area contributed by atoms with E-state index < -0.39 is 0 Å². The van der Waals surface area contributed by atoms with E-state index >= 15 is 0 Å². The van der Waals surface area contributed by atoms with Gasteiger partial charge in [0, 0.05) is 11.5 Å². The molecule has 0 aromatic heterocycles. The van der Waals surface area contributed by atoms with Crippen molar-refractivity contribution in [3.8, 4) is 0 Å². The summed E-state index contributed by atoms with van der Waals surface area (Å²) in [6.07, 6.45) is 4.75. The highest BCUT2D eigenvalue weighted by Crippen LogP contribution is 2.30. The Bertz CT molecular complexity index is 285. The van der Waals surface area contributed by atoms with Crippen LogP contribution in [0.3, 0.4) is 0 Å². The van der Waals surface area contributed by atoms with E-state index in [1.807, 2.05) is 13.8 Å². The Morgan fingerprint density at radius 1 is 0.773 bits per heavy atom. The van der Waals surface area contributed by atoms with Crippen molar-refractivity contribution < 1.29 is 19.1 Å². The summed E-state index contributed by atoms with van der Waals surface area (Å²) in [5.41, 5.74) is 0. The summed E-state index contributed by atoms with van der Waals surface area (Å²) < 4.78 is 9.35. The summed E-state index contributed by atoms with van der Waals surface area (Å²) in [6, 6.07) is 0. The average Bonchev–Trinajstić information content (AvgIpc) is 2.54. The maximum absolute atomic E-state index is 11.2. The van der Waals surface area contributed by atoms with Crippen LogP contribution in [0.2, 0.25) is 0 Å². The minimum absolute atomic E-state index is 0.0970. The number of carbonyl (C=O) groups is 2. The number of unbranched alkanes of at least 4 members (excludes halogenated alkanes) is 3. The van der Waals surface area contributed by atoms with Crippen molar-refractivity contribution in [1.82, 2.24) is 0 Å². The monoisotopic (exact) mass is 386 g/mol. The first-order chi connectivity index (χ1) is 10.5. The molecule has 22 heavy (non-hydrogen) atoms. The average molecular weight is 387 g/mol.